The molecule has 1 aliphatic rings. The molecule has 1 rings (SSSR count). The van der Waals surface area contributed by atoms with Crippen LogP contribution in [0.2, 0.25) is 0 Å². The Labute approximate surface area is 67.6 Å². The molecule has 0 spiro atoms. The fourth-order valence-corrected chi connectivity index (χ4v) is 1.47. The highest BCUT2D eigenvalue weighted by Crippen LogP contribution is 2.25. The van der Waals surface area contributed by atoms with Crippen LogP contribution < -0.4 is 5.73 Å². The molecular formula is C8H17FN2. The van der Waals surface area contributed by atoms with Crippen LogP contribution in [0.15, 0.2) is 0 Å². The van der Waals surface area contributed by atoms with Gasteiger partial charge in [-0.25, -0.2) is 4.39 Å². The molecule has 1 fully saturated rings. The molecule has 1 aliphatic heterocycles. The van der Waals surface area contributed by atoms with Crippen molar-refractivity contribution in [3.8, 4) is 0 Å². The Morgan fingerprint density at radius 3 is 2.55 bits per heavy atom. The van der Waals surface area contributed by atoms with Crippen molar-refractivity contribution in [2.75, 3.05) is 19.6 Å². The lowest BCUT2D eigenvalue weighted by atomic mass is 10.1. The summed E-state index contributed by atoms with van der Waals surface area (Å²) < 4.78 is 13.5. The molecule has 2 N–H and O–H groups in total. The van der Waals surface area contributed by atoms with Gasteiger partial charge in [0.25, 0.3) is 0 Å². The molecule has 0 bridgehead atoms. The number of hydrogen-bond acceptors (Lipinski definition) is 2. The van der Waals surface area contributed by atoms with Crippen molar-refractivity contribution < 1.29 is 4.39 Å². The zero-order valence-corrected chi connectivity index (χ0v) is 7.31. The first kappa shape index (κ1) is 8.94. The summed E-state index contributed by atoms with van der Waals surface area (Å²) in [4.78, 5) is 2.13. The Balaban J connectivity index is 2.46. The molecule has 1 unspecified atom stereocenters. The first-order valence-corrected chi connectivity index (χ1v) is 4.20. The predicted octanol–water partition coefficient (Wildman–Crippen LogP) is 0.767. The smallest absolute Gasteiger partial charge is 0.137 e. The lowest BCUT2D eigenvalue weighted by Gasteiger charge is -2.22. The predicted molar refractivity (Wildman–Crippen MR) is 44.2 cm³/mol. The maximum atomic E-state index is 13.5. The van der Waals surface area contributed by atoms with Crippen LogP contribution in [0.25, 0.3) is 0 Å². The van der Waals surface area contributed by atoms with Crippen LogP contribution in [0, 0.1) is 0 Å². The van der Waals surface area contributed by atoms with E-state index in [9.17, 15) is 4.39 Å². The Kier molecular flexibility index (Phi) is 2.50. The second-order valence-electron chi connectivity index (χ2n) is 3.67. The zero-order valence-electron chi connectivity index (χ0n) is 7.31. The highest BCUT2D eigenvalue weighted by atomic mass is 19.1. The summed E-state index contributed by atoms with van der Waals surface area (Å²) in [6, 6.07) is 0.444. The molecule has 3 heteroatoms. The zero-order chi connectivity index (χ0) is 8.48. The highest BCUT2D eigenvalue weighted by molar-refractivity contribution is 4.92. The monoisotopic (exact) mass is 160 g/mol. The minimum absolute atomic E-state index is 0.163. The number of halogens is 1. The molecule has 1 heterocycles. The van der Waals surface area contributed by atoms with Crippen molar-refractivity contribution in [3.05, 3.63) is 0 Å². The third-order valence-corrected chi connectivity index (χ3v) is 2.43. The second kappa shape index (κ2) is 3.07. The van der Waals surface area contributed by atoms with Gasteiger partial charge in [0.05, 0.1) is 0 Å². The summed E-state index contributed by atoms with van der Waals surface area (Å²) in [6.07, 6.45) is 0.599. The molecule has 66 valence electrons. The molecule has 0 saturated carbocycles. The number of nitrogens with two attached hydrogens (primary N) is 1. The molecule has 2 nitrogen and oxygen atoms in total. The van der Waals surface area contributed by atoms with E-state index in [0.717, 1.165) is 6.54 Å². The molecule has 0 aromatic heterocycles. The van der Waals surface area contributed by atoms with Crippen LogP contribution in [0.1, 0.15) is 20.3 Å². The van der Waals surface area contributed by atoms with Crippen molar-refractivity contribution in [3.63, 3.8) is 0 Å². The van der Waals surface area contributed by atoms with Crippen molar-refractivity contribution >= 4 is 0 Å². The average molecular weight is 160 g/mol. The number of alkyl halides is 1. The maximum Gasteiger partial charge on any atom is 0.137 e. The van der Waals surface area contributed by atoms with E-state index in [2.05, 4.69) is 18.7 Å². The first-order valence-electron chi connectivity index (χ1n) is 4.20. The van der Waals surface area contributed by atoms with Crippen LogP contribution in [0.3, 0.4) is 0 Å². The fourth-order valence-electron chi connectivity index (χ4n) is 1.47. The molecule has 1 atom stereocenters. The molecule has 1 saturated heterocycles. The van der Waals surface area contributed by atoms with Gasteiger partial charge in [-0.2, -0.15) is 0 Å². The molecule has 0 aliphatic carbocycles. The van der Waals surface area contributed by atoms with Gasteiger partial charge < -0.3 is 5.73 Å². The summed E-state index contributed by atoms with van der Waals surface area (Å²) in [6.45, 7) is 5.70. The molecule has 11 heavy (non-hydrogen) atoms. The van der Waals surface area contributed by atoms with Gasteiger partial charge in [0.15, 0.2) is 0 Å². The summed E-state index contributed by atoms with van der Waals surface area (Å²) in [5.41, 5.74) is 4.22. The number of hydrogen-bond donors (Lipinski definition) is 1. The van der Waals surface area contributed by atoms with Crippen LogP contribution in [0.4, 0.5) is 4.39 Å². The minimum atomic E-state index is -1.11. The Morgan fingerprint density at radius 2 is 2.27 bits per heavy atom. The van der Waals surface area contributed by atoms with Gasteiger partial charge in [-0.3, -0.25) is 4.90 Å². The Morgan fingerprint density at radius 1 is 1.64 bits per heavy atom. The molecular weight excluding hydrogens is 143 g/mol. The molecule has 0 aromatic rings. The van der Waals surface area contributed by atoms with Gasteiger partial charge in [-0.15, -0.1) is 0 Å². The van der Waals surface area contributed by atoms with E-state index in [1.54, 1.807) is 0 Å². The van der Waals surface area contributed by atoms with Gasteiger partial charge in [-0.1, -0.05) is 0 Å². The van der Waals surface area contributed by atoms with Gasteiger partial charge in [0.2, 0.25) is 0 Å². The van der Waals surface area contributed by atoms with Gasteiger partial charge in [-0.05, 0) is 20.3 Å². The summed E-state index contributed by atoms with van der Waals surface area (Å²) >= 11 is 0. The van der Waals surface area contributed by atoms with Crippen LogP contribution in [-0.2, 0) is 0 Å². The van der Waals surface area contributed by atoms with Gasteiger partial charge >= 0.3 is 0 Å². The van der Waals surface area contributed by atoms with Crippen molar-refractivity contribution in [2.24, 2.45) is 5.73 Å². The molecule has 0 aromatic carbocycles. The van der Waals surface area contributed by atoms with E-state index in [4.69, 9.17) is 5.73 Å². The third-order valence-electron chi connectivity index (χ3n) is 2.43. The number of rotatable bonds is 2. The van der Waals surface area contributed by atoms with E-state index in [1.165, 1.54) is 0 Å². The van der Waals surface area contributed by atoms with Crippen molar-refractivity contribution in [2.45, 2.75) is 32.0 Å². The van der Waals surface area contributed by atoms with E-state index >= 15 is 0 Å². The van der Waals surface area contributed by atoms with Crippen molar-refractivity contribution in [1.29, 1.82) is 0 Å². The van der Waals surface area contributed by atoms with Crippen LogP contribution >= 0.6 is 0 Å². The first-order chi connectivity index (χ1) is 5.07. The highest BCUT2D eigenvalue weighted by Gasteiger charge is 2.37. The fraction of sp³-hybridized carbons (Fsp3) is 1.00. The van der Waals surface area contributed by atoms with E-state index in [0.29, 0.717) is 19.0 Å². The van der Waals surface area contributed by atoms with Gasteiger partial charge in [0.1, 0.15) is 5.67 Å². The van der Waals surface area contributed by atoms with Crippen LogP contribution in [-0.4, -0.2) is 36.2 Å². The van der Waals surface area contributed by atoms with E-state index in [1.807, 2.05) is 0 Å². The summed E-state index contributed by atoms with van der Waals surface area (Å²) in [7, 11) is 0. The quantitative estimate of drug-likeness (QED) is 0.646. The average Bonchev–Trinajstić information content (AvgIpc) is 2.33. The van der Waals surface area contributed by atoms with E-state index < -0.39 is 5.67 Å². The van der Waals surface area contributed by atoms with Crippen LogP contribution in [0.5, 0.6) is 0 Å². The summed E-state index contributed by atoms with van der Waals surface area (Å²) in [5, 5.41) is 0. The van der Waals surface area contributed by atoms with E-state index in [-0.39, 0.29) is 6.54 Å². The second-order valence-corrected chi connectivity index (χ2v) is 3.67. The Bertz CT molecular complexity index is 138. The normalized spacial score (nSPS) is 33.5. The lowest BCUT2D eigenvalue weighted by molar-refractivity contribution is 0.162. The number of likely N-dealkylation sites (tertiary alicyclic amines) is 1. The Hall–Kier alpha value is -0.150. The topological polar surface area (TPSA) is 29.3 Å². The third kappa shape index (κ3) is 1.91. The largest absolute Gasteiger partial charge is 0.327 e. The molecule has 0 radical (unpaired) electrons. The lowest BCUT2D eigenvalue weighted by Crippen LogP contribution is -2.38. The SMILES string of the molecule is CC(C)N1CCC(F)(CN)C1. The number of nitrogens with zero attached hydrogens (tertiary/aromatic N) is 1. The minimum Gasteiger partial charge on any atom is -0.327 e. The standard InChI is InChI=1S/C8H17FN2/c1-7(2)11-4-3-8(9,5-10)6-11/h7H,3-6,10H2,1-2H3. The summed E-state index contributed by atoms with van der Waals surface area (Å²) in [5.74, 6) is 0. The van der Waals surface area contributed by atoms with Crippen molar-refractivity contribution in [1.82, 2.24) is 4.90 Å². The molecule has 0 amide bonds. The van der Waals surface area contributed by atoms with Gasteiger partial charge in [0, 0.05) is 25.7 Å². The maximum absolute atomic E-state index is 13.5.